The molecule has 0 saturated carbocycles. The molecule has 0 fully saturated rings. The van der Waals surface area contributed by atoms with Gasteiger partial charge < -0.3 is 10.6 Å². The van der Waals surface area contributed by atoms with E-state index in [4.69, 9.17) is 12.2 Å². The molecule has 0 aliphatic rings. The average Bonchev–Trinajstić information content (AvgIpc) is 2.67. The van der Waals surface area contributed by atoms with E-state index in [1.54, 1.807) is 6.07 Å². The predicted octanol–water partition coefficient (Wildman–Crippen LogP) is 6.40. The summed E-state index contributed by atoms with van der Waals surface area (Å²) in [6, 6.07) is 20.7. The Morgan fingerprint density at radius 1 is 0.897 bits per heavy atom. The van der Waals surface area contributed by atoms with Crippen LogP contribution in [0.25, 0.3) is 0 Å². The van der Waals surface area contributed by atoms with Crippen molar-refractivity contribution in [2.45, 2.75) is 26.1 Å². The second kappa shape index (κ2) is 8.66. The molecule has 0 bridgehead atoms. The van der Waals surface area contributed by atoms with Crippen molar-refractivity contribution in [3.63, 3.8) is 0 Å². The average molecular weight is 414 g/mol. The topological polar surface area (TPSA) is 24.1 Å². The Bertz CT molecular complexity index is 1000. The lowest BCUT2D eigenvalue weighted by atomic mass is 9.94. The molecule has 0 heterocycles. The van der Waals surface area contributed by atoms with Crippen LogP contribution in [0.3, 0.4) is 0 Å². The van der Waals surface area contributed by atoms with Crippen LogP contribution in [0.2, 0.25) is 0 Å². The van der Waals surface area contributed by atoms with E-state index < -0.39 is 11.7 Å². The van der Waals surface area contributed by atoms with Gasteiger partial charge in [-0.1, -0.05) is 60.2 Å². The van der Waals surface area contributed by atoms with E-state index in [9.17, 15) is 13.2 Å². The summed E-state index contributed by atoms with van der Waals surface area (Å²) >= 11 is 5.41. The van der Waals surface area contributed by atoms with Crippen molar-refractivity contribution in [2.24, 2.45) is 0 Å². The van der Waals surface area contributed by atoms with Gasteiger partial charge in [-0.05, 0) is 61.0 Å². The maximum Gasteiger partial charge on any atom is 0.416 e. The molecule has 0 aliphatic heterocycles. The summed E-state index contributed by atoms with van der Waals surface area (Å²) in [6.45, 7) is 4.06. The van der Waals surface area contributed by atoms with Crippen LogP contribution >= 0.6 is 12.2 Å². The van der Waals surface area contributed by atoms with E-state index in [0.29, 0.717) is 0 Å². The third-order valence-electron chi connectivity index (χ3n) is 4.59. The first-order valence-corrected chi connectivity index (χ1v) is 9.52. The quantitative estimate of drug-likeness (QED) is 0.483. The molecule has 1 atom stereocenters. The Kier molecular flexibility index (Phi) is 6.23. The summed E-state index contributed by atoms with van der Waals surface area (Å²) in [5.74, 6) is 0. The van der Waals surface area contributed by atoms with Gasteiger partial charge in [0.2, 0.25) is 0 Å². The van der Waals surface area contributed by atoms with Crippen molar-refractivity contribution in [1.82, 2.24) is 5.32 Å². The van der Waals surface area contributed by atoms with E-state index >= 15 is 0 Å². The van der Waals surface area contributed by atoms with E-state index in [1.807, 2.05) is 56.3 Å². The number of anilines is 1. The third kappa shape index (κ3) is 5.35. The predicted molar refractivity (Wildman–Crippen MR) is 115 cm³/mol. The van der Waals surface area contributed by atoms with E-state index in [1.165, 1.54) is 6.07 Å². The first-order valence-electron chi connectivity index (χ1n) is 9.11. The number of aryl methyl sites for hydroxylation is 2. The standard InChI is InChI=1S/C23H21F3N2S/c1-15-11-12-20(16(2)13-15)21(17-7-4-3-5-8-17)28-22(29)27-19-10-6-9-18(14-19)23(24,25)26/h3-14,21H,1-2H3,(H2,27,28,29). The molecule has 6 heteroatoms. The molecule has 0 radical (unpaired) electrons. The summed E-state index contributed by atoms with van der Waals surface area (Å²) < 4.78 is 38.9. The zero-order chi connectivity index (χ0) is 21.0. The summed E-state index contributed by atoms with van der Waals surface area (Å²) in [6.07, 6.45) is -4.40. The highest BCUT2D eigenvalue weighted by atomic mass is 32.1. The fraction of sp³-hybridized carbons (Fsp3) is 0.174. The van der Waals surface area contributed by atoms with Gasteiger partial charge in [-0.2, -0.15) is 13.2 Å². The van der Waals surface area contributed by atoms with Gasteiger partial charge in [0.25, 0.3) is 0 Å². The number of hydrogen-bond donors (Lipinski definition) is 2. The molecular weight excluding hydrogens is 393 g/mol. The highest BCUT2D eigenvalue weighted by molar-refractivity contribution is 7.80. The molecule has 3 rings (SSSR count). The molecule has 2 N–H and O–H groups in total. The summed E-state index contributed by atoms with van der Waals surface area (Å²) in [4.78, 5) is 0. The summed E-state index contributed by atoms with van der Waals surface area (Å²) in [5, 5.41) is 6.38. The van der Waals surface area contributed by atoms with Crippen LogP contribution in [-0.4, -0.2) is 5.11 Å². The number of halogens is 3. The van der Waals surface area contributed by atoms with Gasteiger partial charge in [0, 0.05) is 5.69 Å². The molecule has 3 aromatic carbocycles. The normalized spacial score (nSPS) is 12.3. The van der Waals surface area contributed by atoms with Gasteiger partial charge >= 0.3 is 6.18 Å². The van der Waals surface area contributed by atoms with Crippen LogP contribution in [0, 0.1) is 13.8 Å². The zero-order valence-corrected chi connectivity index (χ0v) is 16.9. The van der Waals surface area contributed by atoms with Crippen molar-refractivity contribution in [2.75, 3.05) is 5.32 Å². The Balaban J connectivity index is 1.86. The molecule has 0 amide bonds. The smallest absolute Gasteiger partial charge is 0.352 e. The highest BCUT2D eigenvalue weighted by Gasteiger charge is 2.30. The number of benzene rings is 3. The zero-order valence-electron chi connectivity index (χ0n) is 16.0. The number of nitrogens with one attached hydrogen (secondary N) is 2. The van der Waals surface area contributed by atoms with Crippen molar-refractivity contribution in [1.29, 1.82) is 0 Å². The lowest BCUT2D eigenvalue weighted by molar-refractivity contribution is -0.137. The van der Waals surface area contributed by atoms with Crippen molar-refractivity contribution >= 4 is 23.0 Å². The lowest BCUT2D eigenvalue weighted by Gasteiger charge is -2.24. The van der Waals surface area contributed by atoms with Gasteiger partial charge in [-0.3, -0.25) is 0 Å². The maximum absolute atomic E-state index is 13.0. The minimum atomic E-state index is -4.40. The van der Waals surface area contributed by atoms with Crippen LogP contribution in [0.5, 0.6) is 0 Å². The Morgan fingerprint density at radius 3 is 2.28 bits per heavy atom. The molecule has 0 saturated heterocycles. The molecule has 150 valence electrons. The SMILES string of the molecule is Cc1ccc(C(NC(=S)Nc2cccc(C(F)(F)F)c2)c2ccccc2)c(C)c1. The van der Waals surface area contributed by atoms with Crippen LogP contribution < -0.4 is 10.6 Å². The van der Waals surface area contributed by atoms with E-state index in [-0.39, 0.29) is 16.8 Å². The van der Waals surface area contributed by atoms with Crippen molar-refractivity contribution in [3.8, 4) is 0 Å². The second-order valence-electron chi connectivity index (χ2n) is 6.88. The van der Waals surface area contributed by atoms with E-state index in [0.717, 1.165) is 34.4 Å². The Labute approximate surface area is 173 Å². The minimum absolute atomic E-state index is 0.234. The molecule has 3 aromatic rings. The number of alkyl halides is 3. The van der Waals surface area contributed by atoms with Crippen LogP contribution in [0.1, 0.15) is 33.9 Å². The molecular formula is C23H21F3N2S. The minimum Gasteiger partial charge on any atom is -0.352 e. The van der Waals surface area contributed by atoms with Crippen LogP contribution in [0.15, 0.2) is 72.8 Å². The first-order chi connectivity index (χ1) is 13.7. The fourth-order valence-corrected chi connectivity index (χ4v) is 3.44. The molecule has 1 unspecified atom stereocenters. The van der Waals surface area contributed by atoms with Crippen LogP contribution in [-0.2, 0) is 6.18 Å². The number of thiocarbonyl (C=S) groups is 1. The number of rotatable bonds is 4. The molecule has 2 nitrogen and oxygen atoms in total. The van der Waals surface area contributed by atoms with Crippen molar-refractivity contribution in [3.05, 3.63) is 101 Å². The summed E-state index contributed by atoms with van der Waals surface area (Å²) in [7, 11) is 0. The molecule has 0 aromatic heterocycles. The largest absolute Gasteiger partial charge is 0.416 e. The molecule has 0 spiro atoms. The van der Waals surface area contributed by atoms with Gasteiger partial charge in [0.05, 0.1) is 11.6 Å². The number of hydrogen-bond acceptors (Lipinski definition) is 1. The summed E-state index contributed by atoms with van der Waals surface area (Å²) in [5.41, 5.74) is 3.88. The van der Waals surface area contributed by atoms with Gasteiger partial charge in [-0.25, -0.2) is 0 Å². The van der Waals surface area contributed by atoms with Crippen LogP contribution in [0.4, 0.5) is 18.9 Å². The second-order valence-corrected chi connectivity index (χ2v) is 7.29. The maximum atomic E-state index is 13.0. The van der Waals surface area contributed by atoms with Gasteiger partial charge in [0.1, 0.15) is 0 Å². The fourth-order valence-electron chi connectivity index (χ4n) is 3.21. The molecule has 29 heavy (non-hydrogen) atoms. The first kappa shape index (κ1) is 20.9. The Hall–Kier alpha value is -2.86. The highest BCUT2D eigenvalue weighted by Crippen LogP contribution is 2.31. The lowest BCUT2D eigenvalue weighted by Crippen LogP contribution is -2.33. The van der Waals surface area contributed by atoms with E-state index in [2.05, 4.69) is 16.7 Å². The van der Waals surface area contributed by atoms with Crippen molar-refractivity contribution < 1.29 is 13.2 Å². The molecule has 0 aliphatic carbocycles. The Morgan fingerprint density at radius 2 is 1.62 bits per heavy atom. The monoisotopic (exact) mass is 414 g/mol. The third-order valence-corrected chi connectivity index (χ3v) is 4.81. The van der Waals surface area contributed by atoms with Gasteiger partial charge in [0.15, 0.2) is 5.11 Å². The van der Waals surface area contributed by atoms with Gasteiger partial charge in [-0.15, -0.1) is 0 Å².